The number of fused-ring (bicyclic) bond motifs is 1. The number of halogens is 3. The Balaban J connectivity index is 1.66. The summed E-state index contributed by atoms with van der Waals surface area (Å²) in [5.41, 5.74) is -6.05. The Morgan fingerprint density at radius 2 is 1.71 bits per heavy atom. The second-order valence-electron chi connectivity index (χ2n) is 12.9. The molecular weight excluding hydrogens is 783 g/mol. The lowest BCUT2D eigenvalue weighted by Gasteiger charge is -2.36. The summed E-state index contributed by atoms with van der Waals surface area (Å²) in [6.07, 6.45) is -1.44. The van der Waals surface area contributed by atoms with Crippen LogP contribution >= 0.6 is 34.9 Å². The maximum Gasteiger partial charge on any atom is 0.399 e. The van der Waals surface area contributed by atoms with Crippen molar-refractivity contribution in [3.05, 3.63) is 63.4 Å². The third-order valence-electron chi connectivity index (χ3n) is 8.07. The van der Waals surface area contributed by atoms with Gasteiger partial charge in [-0.25, -0.2) is 4.79 Å². The van der Waals surface area contributed by atoms with Crippen molar-refractivity contribution in [1.29, 1.82) is 0 Å². The number of carbonyl (C=O) groups is 5. The number of carbonyl (C=O) groups excluding carboxylic acids is 3. The van der Waals surface area contributed by atoms with Crippen LogP contribution in [0.15, 0.2) is 53.0 Å². The Hall–Kier alpha value is -3.80. The second kappa shape index (κ2) is 15.4. The number of anilines is 1. The summed E-state index contributed by atoms with van der Waals surface area (Å²) in [7, 11) is -5.85. The van der Waals surface area contributed by atoms with Crippen LogP contribution in [-0.4, -0.2) is 92.4 Å². The molecule has 2 heterocycles. The Kier molecular flexibility index (Phi) is 12.1. The van der Waals surface area contributed by atoms with Crippen molar-refractivity contribution in [3.8, 4) is 0 Å². The molecule has 1 fully saturated rings. The number of ether oxygens (including phenoxy) is 1. The largest absolute Gasteiger partial charge is 0.481 e. The predicted octanol–water partition coefficient (Wildman–Crippen LogP) is 4.61. The molecule has 51 heavy (non-hydrogen) atoms. The van der Waals surface area contributed by atoms with Crippen LogP contribution in [0, 0.1) is 5.41 Å². The first-order chi connectivity index (χ1) is 23.6. The van der Waals surface area contributed by atoms with E-state index in [2.05, 4.69) is 21.2 Å². The predicted molar refractivity (Wildman–Crippen MR) is 185 cm³/mol. The quantitative estimate of drug-likeness (QED) is 0.150. The number of thiophene rings is 1. The van der Waals surface area contributed by atoms with Crippen LogP contribution in [0.4, 0.5) is 14.5 Å². The number of benzene rings is 2. The Labute approximate surface area is 302 Å². The number of carboxylic acids is 2. The minimum absolute atomic E-state index is 0.00417. The van der Waals surface area contributed by atoms with E-state index in [-0.39, 0.29) is 29.8 Å². The average Bonchev–Trinajstić information content (AvgIpc) is 3.66. The van der Waals surface area contributed by atoms with Crippen LogP contribution in [0.25, 0.3) is 10.1 Å². The van der Waals surface area contributed by atoms with E-state index in [1.165, 1.54) is 21.9 Å². The van der Waals surface area contributed by atoms with Gasteiger partial charge in [0.15, 0.2) is 0 Å². The Morgan fingerprint density at radius 3 is 2.27 bits per heavy atom. The lowest BCUT2D eigenvalue weighted by molar-refractivity contribution is -0.144. The van der Waals surface area contributed by atoms with Crippen molar-refractivity contribution in [2.45, 2.75) is 57.5 Å². The maximum atomic E-state index is 14.4. The summed E-state index contributed by atoms with van der Waals surface area (Å²) in [5.74, 6) is -4.59. The van der Waals surface area contributed by atoms with Gasteiger partial charge in [0, 0.05) is 39.9 Å². The molecule has 1 aromatic heterocycles. The highest BCUT2D eigenvalue weighted by atomic mass is 79.9. The van der Waals surface area contributed by atoms with Crippen molar-refractivity contribution in [2.75, 3.05) is 24.6 Å². The smallest absolute Gasteiger partial charge is 0.399 e. The topological polar surface area (TPSA) is 211 Å². The zero-order chi connectivity index (χ0) is 38.1. The van der Waals surface area contributed by atoms with Crippen LogP contribution in [-0.2, 0) is 34.1 Å². The molecule has 3 aromatic rings. The highest BCUT2D eigenvalue weighted by molar-refractivity contribution is 9.10. The fraction of sp³-hybridized carbons (Fsp3) is 0.406. The number of likely N-dealkylation sites (tertiary alicyclic amines) is 1. The minimum atomic E-state index is -5.85. The van der Waals surface area contributed by atoms with Crippen molar-refractivity contribution < 1.29 is 62.1 Å². The summed E-state index contributed by atoms with van der Waals surface area (Å²) in [6.45, 7) is 3.78. The second-order valence-corrected chi connectivity index (χ2v) is 16.5. The lowest BCUT2D eigenvalue weighted by atomic mass is 9.85. The number of carboxylic acid groups (broad SMARTS) is 2. The van der Waals surface area contributed by atoms with Gasteiger partial charge in [-0.3, -0.25) is 23.7 Å². The van der Waals surface area contributed by atoms with Crippen molar-refractivity contribution in [2.24, 2.45) is 5.41 Å². The fourth-order valence-corrected chi connectivity index (χ4v) is 7.17. The van der Waals surface area contributed by atoms with Crippen LogP contribution in [0.3, 0.4) is 0 Å². The van der Waals surface area contributed by atoms with E-state index in [4.69, 9.17) is 14.5 Å². The molecule has 0 aliphatic carbocycles. The van der Waals surface area contributed by atoms with Gasteiger partial charge in [-0.2, -0.15) is 8.78 Å². The summed E-state index contributed by atoms with van der Waals surface area (Å²) in [5, 5.41) is 21.4. The summed E-state index contributed by atoms with van der Waals surface area (Å²) >= 11 is 4.21. The molecule has 14 nitrogen and oxygen atoms in total. The molecule has 0 bridgehead atoms. The molecule has 5 N–H and O–H groups in total. The highest BCUT2D eigenvalue weighted by Gasteiger charge is 2.50. The Bertz CT molecular complexity index is 1880. The van der Waals surface area contributed by atoms with Gasteiger partial charge in [0.1, 0.15) is 18.7 Å². The van der Waals surface area contributed by atoms with Gasteiger partial charge in [-0.1, -0.05) is 42.8 Å². The van der Waals surface area contributed by atoms with E-state index >= 15 is 0 Å². The SMILES string of the molecule is CC(C)(C)C(NC(=O)c1cc2cc(C(F)(F)P(=O)(O)O)ccc2s1)C(=O)N1C[C@@H](OCC(=O)O)C[C@H]1C(=O)N(CCC(=O)O)c1ccc(Br)cc1. The molecule has 3 atom stereocenters. The molecule has 3 amide bonds. The van der Waals surface area contributed by atoms with E-state index in [1.807, 2.05) is 0 Å². The molecule has 1 unspecified atom stereocenters. The molecule has 4 rings (SSSR count). The zero-order valence-electron chi connectivity index (χ0n) is 27.4. The number of alkyl halides is 2. The molecule has 2 aromatic carbocycles. The molecule has 19 heteroatoms. The van der Waals surface area contributed by atoms with E-state index in [9.17, 15) is 47.5 Å². The van der Waals surface area contributed by atoms with Crippen LogP contribution < -0.4 is 10.2 Å². The number of nitrogens with one attached hydrogen (secondary N) is 1. The third-order valence-corrected chi connectivity index (χ3v) is 10.7. The van der Waals surface area contributed by atoms with E-state index in [0.717, 1.165) is 23.5 Å². The molecule has 0 saturated carbocycles. The van der Waals surface area contributed by atoms with E-state index < -0.39 is 85.1 Å². The van der Waals surface area contributed by atoms with Crippen LogP contribution in [0.2, 0.25) is 0 Å². The molecule has 0 radical (unpaired) electrons. The van der Waals surface area contributed by atoms with Gasteiger partial charge in [0.05, 0.1) is 17.4 Å². The van der Waals surface area contributed by atoms with E-state index in [1.54, 1.807) is 45.0 Å². The van der Waals surface area contributed by atoms with Gasteiger partial charge >= 0.3 is 25.2 Å². The van der Waals surface area contributed by atoms with Gasteiger partial charge in [-0.15, -0.1) is 11.3 Å². The van der Waals surface area contributed by atoms with Crippen LogP contribution in [0.5, 0.6) is 0 Å². The third kappa shape index (κ3) is 9.36. The first-order valence-corrected chi connectivity index (χ1v) is 18.5. The fourth-order valence-electron chi connectivity index (χ4n) is 5.49. The summed E-state index contributed by atoms with van der Waals surface area (Å²) < 4.78 is 46.6. The monoisotopic (exact) mass is 817 g/mol. The average molecular weight is 819 g/mol. The highest BCUT2D eigenvalue weighted by Crippen LogP contribution is 2.59. The molecular formula is C32H35BrF2N3O11PS. The molecule has 0 spiro atoms. The number of aliphatic carboxylic acids is 2. The van der Waals surface area contributed by atoms with Crippen molar-refractivity contribution in [3.63, 3.8) is 0 Å². The normalized spacial score (nSPS) is 17.3. The van der Waals surface area contributed by atoms with E-state index in [0.29, 0.717) is 14.9 Å². The Morgan fingerprint density at radius 1 is 1.06 bits per heavy atom. The maximum absolute atomic E-state index is 14.4. The first kappa shape index (κ1) is 40.0. The standard InChI is InChI=1S/C32H35BrF2N3O11PS/c1-31(2,3)27(36-28(43)24-13-17-12-18(4-9-23(17)51-24)32(34,35)50(46,47)48)30(45)38-15-21(49-16-26(41)42)14-22(38)29(44)37(11-10-25(39)40)20-7-5-19(33)6-8-20/h4-9,12-13,21-22,27H,10-11,14-16H2,1-3H3,(H,36,43)(H,39,40)(H,41,42)(H2,46,47,48)/t21-,22-,27?/m0/s1. The molecule has 1 saturated heterocycles. The van der Waals surface area contributed by atoms with Crippen LogP contribution in [0.1, 0.15) is 48.8 Å². The van der Waals surface area contributed by atoms with Gasteiger partial charge in [-0.05, 0) is 53.3 Å². The molecule has 1 aliphatic heterocycles. The summed E-state index contributed by atoms with van der Waals surface area (Å²) in [6, 6.07) is 8.09. The minimum Gasteiger partial charge on any atom is -0.481 e. The number of hydrogen-bond donors (Lipinski definition) is 5. The van der Waals surface area contributed by atoms with Crippen molar-refractivity contribution >= 4 is 80.3 Å². The summed E-state index contributed by atoms with van der Waals surface area (Å²) in [4.78, 5) is 85.6. The number of nitrogens with zero attached hydrogens (tertiary/aromatic N) is 2. The van der Waals surface area contributed by atoms with Gasteiger partial charge in [0.25, 0.3) is 5.91 Å². The first-order valence-electron chi connectivity index (χ1n) is 15.3. The van der Waals surface area contributed by atoms with Crippen molar-refractivity contribution in [1.82, 2.24) is 10.2 Å². The molecule has 276 valence electrons. The van der Waals surface area contributed by atoms with Gasteiger partial charge < -0.3 is 39.9 Å². The number of hydrogen-bond acceptors (Lipinski definition) is 8. The number of amides is 3. The molecule has 1 aliphatic rings. The lowest BCUT2D eigenvalue weighted by Crippen LogP contribution is -2.58. The number of rotatable bonds is 13. The zero-order valence-corrected chi connectivity index (χ0v) is 30.7. The van der Waals surface area contributed by atoms with Gasteiger partial charge in [0.2, 0.25) is 11.8 Å².